The summed E-state index contributed by atoms with van der Waals surface area (Å²) in [7, 11) is 3.89. The topological polar surface area (TPSA) is 6.48 Å². The Labute approximate surface area is 72.2 Å². The van der Waals surface area contributed by atoms with E-state index in [-0.39, 0.29) is 12.1 Å². The van der Waals surface area contributed by atoms with E-state index in [0.29, 0.717) is 0 Å². The van der Waals surface area contributed by atoms with Gasteiger partial charge in [-0.1, -0.05) is 11.8 Å². The molecule has 1 aliphatic rings. The smallest absolute Gasteiger partial charge is 0.109 e. The van der Waals surface area contributed by atoms with Crippen LogP contribution in [0.3, 0.4) is 0 Å². The summed E-state index contributed by atoms with van der Waals surface area (Å²) in [5, 5.41) is 0. The Morgan fingerprint density at radius 1 is 1.09 bits per heavy atom. The van der Waals surface area contributed by atoms with Crippen LogP contribution in [0.2, 0.25) is 0 Å². The molecule has 0 spiro atoms. The van der Waals surface area contributed by atoms with Gasteiger partial charge in [-0.05, 0) is 0 Å². The maximum absolute atomic E-state index is 5.33. The molecule has 0 aromatic heterocycles. The van der Waals surface area contributed by atoms with E-state index >= 15 is 0 Å². The van der Waals surface area contributed by atoms with Gasteiger partial charge in [-0.3, -0.25) is 0 Å². The quantitative estimate of drug-likeness (QED) is 0.380. The zero-order valence-corrected chi connectivity index (χ0v) is 7.43. The van der Waals surface area contributed by atoms with Crippen molar-refractivity contribution in [3.8, 4) is 24.7 Å². The lowest BCUT2D eigenvalue weighted by Gasteiger charge is -2.12. The number of hydrogen-bond donors (Lipinski definition) is 0. The fraction of sp³-hybridized carbons (Fsp3) is 0.500. The Balaban J connectivity index is 2.79. The summed E-state index contributed by atoms with van der Waals surface area (Å²) in [6, 6.07) is 0.0741. The van der Waals surface area contributed by atoms with Crippen LogP contribution in [0.4, 0.5) is 0 Å². The molecular formula is C8H10N2S. The lowest BCUT2D eigenvalue weighted by Crippen LogP contribution is -2.32. The normalized spacial score (nSPS) is 33.1. The maximum Gasteiger partial charge on any atom is 0.109 e. The van der Waals surface area contributed by atoms with Gasteiger partial charge < -0.3 is 0 Å². The van der Waals surface area contributed by atoms with Crippen LogP contribution in [0.5, 0.6) is 0 Å². The molecule has 2 atom stereocenters. The van der Waals surface area contributed by atoms with Gasteiger partial charge >= 0.3 is 0 Å². The van der Waals surface area contributed by atoms with Crippen molar-refractivity contribution in [2.45, 2.75) is 12.1 Å². The highest BCUT2D eigenvalue weighted by Gasteiger charge is 2.34. The molecule has 1 saturated heterocycles. The van der Waals surface area contributed by atoms with E-state index in [1.165, 1.54) is 0 Å². The molecule has 3 heteroatoms. The molecule has 11 heavy (non-hydrogen) atoms. The van der Waals surface area contributed by atoms with Crippen LogP contribution in [-0.2, 0) is 0 Å². The largest absolute Gasteiger partial charge is 0.223 e. The van der Waals surface area contributed by atoms with Gasteiger partial charge in [0.05, 0.1) is 0 Å². The van der Waals surface area contributed by atoms with Gasteiger partial charge in [0.25, 0.3) is 0 Å². The monoisotopic (exact) mass is 166 g/mol. The van der Waals surface area contributed by atoms with Crippen LogP contribution in [0.25, 0.3) is 0 Å². The Kier molecular flexibility index (Phi) is 2.46. The zero-order chi connectivity index (χ0) is 8.43. The van der Waals surface area contributed by atoms with E-state index in [0.717, 1.165) is 0 Å². The molecule has 0 aromatic rings. The highest BCUT2D eigenvalue weighted by molar-refractivity contribution is 7.94. The third kappa shape index (κ3) is 1.36. The molecule has 0 aliphatic carbocycles. The number of rotatable bonds is 0. The maximum atomic E-state index is 5.33. The number of nitrogens with zero attached hydrogens (tertiary/aromatic N) is 2. The predicted octanol–water partition coefficient (Wildman–Crippen LogP) is 0.430. The van der Waals surface area contributed by atoms with Gasteiger partial charge in [-0.25, -0.2) is 8.61 Å². The first kappa shape index (κ1) is 8.49. The first-order valence-corrected chi connectivity index (χ1v) is 3.99. The molecule has 58 valence electrons. The Hall–Kier alpha value is -0.610. The standard InChI is InChI=1S/C8H10N2S/c1-5-7-8(6-2)10(4)11-9(7)3/h1-2,7-8H,3-4H3. The van der Waals surface area contributed by atoms with Gasteiger partial charge in [0.1, 0.15) is 12.1 Å². The minimum absolute atomic E-state index is 0.0370. The van der Waals surface area contributed by atoms with E-state index in [1.54, 1.807) is 12.1 Å². The molecule has 1 heterocycles. The summed E-state index contributed by atoms with van der Waals surface area (Å²) in [6.45, 7) is 0. The average Bonchev–Trinajstić information content (AvgIpc) is 2.24. The van der Waals surface area contributed by atoms with Gasteiger partial charge in [-0.2, -0.15) is 0 Å². The van der Waals surface area contributed by atoms with Crippen LogP contribution < -0.4 is 0 Å². The van der Waals surface area contributed by atoms with E-state index in [2.05, 4.69) is 11.8 Å². The van der Waals surface area contributed by atoms with Crippen LogP contribution >= 0.6 is 12.1 Å². The molecule has 1 aliphatic heterocycles. The van der Waals surface area contributed by atoms with Crippen molar-refractivity contribution in [3.05, 3.63) is 0 Å². The third-order valence-electron chi connectivity index (χ3n) is 1.68. The van der Waals surface area contributed by atoms with Gasteiger partial charge in [0.2, 0.25) is 0 Å². The minimum atomic E-state index is 0.0370. The third-order valence-corrected chi connectivity index (χ3v) is 2.65. The van der Waals surface area contributed by atoms with Crippen molar-refractivity contribution in [2.75, 3.05) is 14.1 Å². The molecule has 2 nitrogen and oxygen atoms in total. The van der Waals surface area contributed by atoms with Crippen LogP contribution in [-0.4, -0.2) is 34.8 Å². The highest BCUT2D eigenvalue weighted by atomic mass is 32.2. The summed E-state index contributed by atoms with van der Waals surface area (Å²) in [6.07, 6.45) is 10.7. The lowest BCUT2D eigenvalue weighted by atomic mass is 10.1. The Morgan fingerprint density at radius 3 is 1.73 bits per heavy atom. The number of hydrogen-bond acceptors (Lipinski definition) is 3. The van der Waals surface area contributed by atoms with Crippen molar-refractivity contribution >= 4 is 12.1 Å². The number of terminal acetylenes is 2. The first-order chi connectivity index (χ1) is 5.20. The summed E-state index contributed by atoms with van der Waals surface area (Å²) >= 11 is 1.57. The van der Waals surface area contributed by atoms with Gasteiger partial charge in [0.15, 0.2) is 0 Å². The molecule has 0 amide bonds. The van der Waals surface area contributed by atoms with Gasteiger partial charge in [-0.15, -0.1) is 12.8 Å². The molecule has 0 aromatic carbocycles. The summed E-state index contributed by atoms with van der Waals surface area (Å²) in [4.78, 5) is 0. The summed E-state index contributed by atoms with van der Waals surface area (Å²) in [5.41, 5.74) is 0. The van der Waals surface area contributed by atoms with E-state index in [1.807, 2.05) is 22.7 Å². The predicted molar refractivity (Wildman–Crippen MR) is 48.4 cm³/mol. The fourth-order valence-electron chi connectivity index (χ4n) is 1.09. The molecule has 1 fully saturated rings. The van der Waals surface area contributed by atoms with Crippen molar-refractivity contribution in [3.63, 3.8) is 0 Å². The summed E-state index contributed by atoms with van der Waals surface area (Å²) in [5.74, 6) is 5.33. The second-order valence-corrected chi connectivity index (χ2v) is 3.71. The van der Waals surface area contributed by atoms with Crippen molar-refractivity contribution in [2.24, 2.45) is 0 Å². The molecule has 0 saturated carbocycles. The van der Waals surface area contributed by atoms with Crippen LogP contribution in [0.1, 0.15) is 0 Å². The van der Waals surface area contributed by atoms with Gasteiger partial charge in [0, 0.05) is 26.2 Å². The zero-order valence-electron chi connectivity index (χ0n) is 6.61. The lowest BCUT2D eigenvalue weighted by molar-refractivity contribution is 0.423. The first-order valence-electron chi connectivity index (χ1n) is 3.26. The Bertz CT molecular complexity index is 201. The fourth-order valence-corrected chi connectivity index (χ4v) is 2.06. The van der Waals surface area contributed by atoms with Crippen LogP contribution in [0, 0.1) is 24.7 Å². The SMILES string of the molecule is C#CC1C(C#C)N(C)SN1C. The molecule has 0 bridgehead atoms. The summed E-state index contributed by atoms with van der Waals surface area (Å²) < 4.78 is 3.98. The van der Waals surface area contributed by atoms with E-state index in [9.17, 15) is 0 Å². The molecule has 2 unspecified atom stereocenters. The van der Waals surface area contributed by atoms with Crippen molar-refractivity contribution < 1.29 is 0 Å². The molecule has 0 N–H and O–H groups in total. The van der Waals surface area contributed by atoms with E-state index < -0.39 is 0 Å². The number of likely N-dealkylation sites (N-methyl/N-ethyl adjacent to an activating group) is 2. The minimum Gasteiger partial charge on any atom is -0.223 e. The van der Waals surface area contributed by atoms with Crippen LogP contribution in [0.15, 0.2) is 0 Å². The molecular weight excluding hydrogens is 156 g/mol. The van der Waals surface area contributed by atoms with Crippen molar-refractivity contribution in [1.29, 1.82) is 0 Å². The van der Waals surface area contributed by atoms with Crippen molar-refractivity contribution in [1.82, 2.24) is 8.61 Å². The second-order valence-electron chi connectivity index (χ2n) is 2.40. The Morgan fingerprint density at radius 2 is 1.45 bits per heavy atom. The molecule has 0 radical (unpaired) electrons. The highest BCUT2D eigenvalue weighted by Crippen LogP contribution is 2.29. The average molecular weight is 166 g/mol. The van der Waals surface area contributed by atoms with E-state index in [4.69, 9.17) is 12.8 Å². The molecule has 1 rings (SSSR count). The second kappa shape index (κ2) is 3.19.